The Kier molecular flexibility index (Phi) is 8.85. The number of halogens is 1. The molecule has 4 N–H and O–H groups in total. The van der Waals surface area contributed by atoms with E-state index in [1.165, 1.54) is 6.08 Å². The highest BCUT2D eigenvalue weighted by atomic mass is 35.5. The minimum absolute atomic E-state index is 0.234. The van der Waals surface area contributed by atoms with Crippen molar-refractivity contribution in [3.63, 3.8) is 0 Å². The Balaban J connectivity index is 1.30. The summed E-state index contributed by atoms with van der Waals surface area (Å²) in [6, 6.07) is 18.3. The van der Waals surface area contributed by atoms with Crippen LogP contribution in [0.25, 0.3) is 22.2 Å². The number of nitrogens with one attached hydrogen (secondary N) is 4. The molecule has 0 atom stereocenters. The standard InChI is InChI=1S/C33H32ClN7O2/c1-20-16-26(34)29(39-33-36-18-21(2)31(40-33)25-19-35-27-9-6-5-8-24(25)27)17-28(20)38-32(43)22-11-13-23(14-12-22)37-30(42)10-7-15-41(3)4/h5-14,16-19,35H,15H2,1-4H3,(H,37,42)(H,38,43)(H,36,39,40)/b10-7+. The minimum Gasteiger partial charge on any atom is -0.360 e. The van der Waals surface area contributed by atoms with Crippen LogP contribution in [-0.2, 0) is 4.79 Å². The second kappa shape index (κ2) is 12.9. The number of fused-ring (bicyclic) bond motifs is 1. The number of nitrogens with zero attached hydrogens (tertiary/aromatic N) is 3. The van der Waals surface area contributed by atoms with Gasteiger partial charge in [0.15, 0.2) is 0 Å². The topological polar surface area (TPSA) is 115 Å². The number of benzene rings is 3. The van der Waals surface area contributed by atoms with Gasteiger partial charge in [-0.05, 0) is 81.5 Å². The van der Waals surface area contributed by atoms with Crippen LogP contribution in [0.2, 0.25) is 5.02 Å². The second-order valence-electron chi connectivity index (χ2n) is 10.4. The molecule has 3 aromatic carbocycles. The molecule has 0 unspecified atom stereocenters. The van der Waals surface area contributed by atoms with E-state index in [1.54, 1.807) is 48.7 Å². The predicted molar refractivity (Wildman–Crippen MR) is 174 cm³/mol. The Morgan fingerprint density at radius 3 is 2.51 bits per heavy atom. The summed E-state index contributed by atoms with van der Waals surface area (Å²) >= 11 is 6.58. The molecule has 2 heterocycles. The minimum atomic E-state index is -0.298. The van der Waals surface area contributed by atoms with E-state index in [4.69, 9.17) is 16.6 Å². The van der Waals surface area contributed by atoms with Gasteiger partial charge in [-0.1, -0.05) is 35.9 Å². The Labute approximate surface area is 255 Å². The van der Waals surface area contributed by atoms with E-state index < -0.39 is 0 Å². The quantitative estimate of drug-likeness (QED) is 0.138. The molecule has 43 heavy (non-hydrogen) atoms. The predicted octanol–water partition coefficient (Wildman–Crippen LogP) is 6.95. The Morgan fingerprint density at radius 2 is 1.74 bits per heavy atom. The second-order valence-corrected chi connectivity index (χ2v) is 10.8. The third-order valence-corrected chi connectivity index (χ3v) is 7.09. The summed E-state index contributed by atoms with van der Waals surface area (Å²) in [5.74, 6) is -0.154. The summed E-state index contributed by atoms with van der Waals surface area (Å²) in [6.07, 6.45) is 6.98. The number of anilines is 4. The van der Waals surface area contributed by atoms with Gasteiger partial charge >= 0.3 is 0 Å². The number of hydrogen-bond acceptors (Lipinski definition) is 6. The molecule has 0 saturated heterocycles. The maximum atomic E-state index is 13.1. The number of aryl methyl sites for hydroxylation is 2. The number of amides is 2. The number of hydrogen-bond donors (Lipinski definition) is 4. The van der Waals surface area contributed by atoms with Crippen molar-refractivity contribution in [2.75, 3.05) is 36.6 Å². The molecule has 2 aromatic heterocycles. The van der Waals surface area contributed by atoms with Gasteiger partial charge in [0.2, 0.25) is 11.9 Å². The van der Waals surface area contributed by atoms with Crippen molar-refractivity contribution >= 4 is 57.3 Å². The average Bonchev–Trinajstić information content (AvgIpc) is 3.40. The number of para-hydroxylation sites is 1. The molecule has 218 valence electrons. The van der Waals surface area contributed by atoms with Crippen LogP contribution in [0, 0.1) is 13.8 Å². The summed E-state index contributed by atoms with van der Waals surface area (Å²) in [4.78, 5) is 39.7. The van der Waals surface area contributed by atoms with E-state index in [2.05, 4.69) is 32.0 Å². The summed E-state index contributed by atoms with van der Waals surface area (Å²) < 4.78 is 0. The van der Waals surface area contributed by atoms with E-state index in [9.17, 15) is 9.59 Å². The van der Waals surface area contributed by atoms with Crippen molar-refractivity contribution in [1.82, 2.24) is 19.9 Å². The average molecular weight is 594 g/mol. The highest BCUT2D eigenvalue weighted by molar-refractivity contribution is 6.33. The monoisotopic (exact) mass is 593 g/mol. The number of H-pyrrole nitrogens is 1. The Hall–Kier alpha value is -4.99. The lowest BCUT2D eigenvalue weighted by Crippen LogP contribution is -2.14. The zero-order chi connectivity index (χ0) is 30.5. The first-order valence-electron chi connectivity index (χ1n) is 13.7. The molecule has 0 saturated carbocycles. The van der Waals surface area contributed by atoms with Gasteiger partial charge in [0, 0.05) is 58.4 Å². The molecule has 5 aromatic rings. The molecule has 10 heteroatoms. The molecule has 0 fully saturated rings. The fraction of sp³-hybridized carbons (Fsp3) is 0.152. The van der Waals surface area contributed by atoms with Crippen molar-refractivity contribution in [2.45, 2.75) is 13.8 Å². The van der Waals surface area contributed by atoms with Gasteiger partial charge in [0.1, 0.15) is 0 Å². The molecule has 0 spiro atoms. The SMILES string of the molecule is Cc1cc(Cl)c(Nc2ncc(C)c(-c3c[nH]c4ccccc34)n2)cc1NC(=O)c1ccc(NC(=O)/C=C/CN(C)C)cc1. The van der Waals surface area contributed by atoms with Crippen LogP contribution >= 0.6 is 11.6 Å². The molecule has 0 aliphatic carbocycles. The molecule has 2 amide bonds. The fourth-order valence-corrected chi connectivity index (χ4v) is 4.79. The first-order valence-corrected chi connectivity index (χ1v) is 14.1. The van der Waals surface area contributed by atoms with Gasteiger partial charge in [0.05, 0.1) is 16.4 Å². The summed E-state index contributed by atoms with van der Waals surface area (Å²) in [7, 11) is 3.85. The number of aromatic nitrogens is 3. The number of carbonyl (C=O) groups excluding carboxylic acids is 2. The van der Waals surface area contributed by atoms with E-state index in [0.29, 0.717) is 40.1 Å². The Morgan fingerprint density at radius 1 is 0.977 bits per heavy atom. The number of rotatable bonds is 9. The van der Waals surface area contributed by atoms with Crippen molar-refractivity contribution in [1.29, 1.82) is 0 Å². The van der Waals surface area contributed by atoms with Crippen LogP contribution in [0.5, 0.6) is 0 Å². The highest BCUT2D eigenvalue weighted by Gasteiger charge is 2.15. The number of aromatic amines is 1. The van der Waals surface area contributed by atoms with Gasteiger partial charge in [0.25, 0.3) is 5.91 Å². The molecule has 0 aliphatic rings. The van der Waals surface area contributed by atoms with Crippen LogP contribution in [0.3, 0.4) is 0 Å². The van der Waals surface area contributed by atoms with E-state index in [-0.39, 0.29) is 11.8 Å². The zero-order valence-corrected chi connectivity index (χ0v) is 25.1. The van der Waals surface area contributed by atoms with Gasteiger partial charge < -0.3 is 25.8 Å². The fourth-order valence-electron chi connectivity index (χ4n) is 4.52. The zero-order valence-electron chi connectivity index (χ0n) is 24.3. The summed E-state index contributed by atoms with van der Waals surface area (Å²) in [6.45, 7) is 4.50. The third-order valence-electron chi connectivity index (χ3n) is 6.78. The molecule has 0 radical (unpaired) electrons. The van der Waals surface area contributed by atoms with Gasteiger partial charge in [-0.2, -0.15) is 0 Å². The maximum absolute atomic E-state index is 13.1. The smallest absolute Gasteiger partial charge is 0.255 e. The number of carbonyl (C=O) groups is 2. The largest absolute Gasteiger partial charge is 0.360 e. The molecule has 0 aliphatic heterocycles. The van der Waals surface area contributed by atoms with Crippen molar-refractivity contribution in [2.24, 2.45) is 0 Å². The van der Waals surface area contributed by atoms with Crippen LogP contribution in [0.15, 0.2) is 85.2 Å². The van der Waals surface area contributed by atoms with Crippen molar-refractivity contribution in [3.05, 3.63) is 107 Å². The molecular formula is C33H32ClN7O2. The lowest BCUT2D eigenvalue weighted by atomic mass is 10.1. The molecular weight excluding hydrogens is 562 g/mol. The van der Waals surface area contributed by atoms with Crippen LogP contribution in [0.4, 0.5) is 23.0 Å². The summed E-state index contributed by atoms with van der Waals surface area (Å²) in [5.41, 5.74) is 6.71. The highest BCUT2D eigenvalue weighted by Crippen LogP contribution is 2.33. The van der Waals surface area contributed by atoms with Gasteiger partial charge in [-0.15, -0.1) is 0 Å². The summed E-state index contributed by atoms with van der Waals surface area (Å²) in [5, 5.41) is 10.5. The van der Waals surface area contributed by atoms with E-state index >= 15 is 0 Å². The van der Waals surface area contributed by atoms with Crippen molar-refractivity contribution in [3.8, 4) is 11.3 Å². The first-order chi connectivity index (χ1) is 20.7. The Bertz CT molecular complexity index is 1830. The van der Waals surface area contributed by atoms with Crippen LogP contribution < -0.4 is 16.0 Å². The lowest BCUT2D eigenvalue weighted by Gasteiger charge is -2.14. The third kappa shape index (κ3) is 7.09. The molecule has 5 rings (SSSR count). The van der Waals surface area contributed by atoms with Crippen LogP contribution in [-0.4, -0.2) is 52.3 Å². The lowest BCUT2D eigenvalue weighted by molar-refractivity contribution is -0.111. The van der Waals surface area contributed by atoms with Gasteiger partial charge in [-0.3, -0.25) is 9.59 Å². The normalized spacial score (nSPS) is 11.3. The number of likely N-dealkylation sites (N-methyl/N-ethyl adjacent to an activating group) is 1. The molecule has 0 bridgehead atoms. The van der Waals surface area contributed by atoms with Crippen LogP contribution in [0.1, 0.15) is 21.5 Å². The maximum Gasteiger partial charge on any atom is 0.255 e. The van der Waals surface area contributed by atoms with Gasteiger partial charge in [-0.25, -0.2) is 9.97 Å². The van der Waals surface area contributed by atoms with E-state index in [0.717, 1.165) is 33.3 Å². The first kappa shape index (κ1) is 29.5. The van der Waals surface area contributed by atoms with Crippen molar-refractivity contribution < 1.29 is 9.59 Å². The van der Waals surface area contributed by atoms with E-state index in [1.807, 2.05) is 57.2 Å². The molecule has 9 nitrogen and oxygen atoms in total.